The first-order valence-corrected chi connectivity index (χ1v) is 8.90. The second-order valence-corrected chi connectivity index (χ2v) is 6.51. The highest BCUT2D eigenvalue weighted by Crippen LogP contribution is 2.34. The highest BCUT2D eigenvalue weighted by atomic mass is 32.1. The van der Waals surface area contributed by atoms with Crippen LogP contribution in [0.5, 0.6) is 11.5 Å². The topological polar surface area (TPSA) is 55.1 Å². The van der Waals surface area contributed by atoms with E-state index in [1.807, 2.05) is 42.6 Å². The number of hydrogen-bond acceptors (Lipinski definition) is 5. The van der Waals surface area contributed by atoms with Crippen molar-refractivity contribution in [1.29, 1.82) is 5.26 Å². The first kappa shape index (κ1) is 17.7. The number of ether oxygens (including phenoxy) is 2. The van der Waals surface area contributed by atoms with Gasteiger partial charge >= 0.3 is 0 Å². The number of para-hydroxylation sites is 1. The van der Waals surface area contributed by atoms with Gasteiger partial charge in [0.2, 0.25) is 0 Å². The van der Waals surface area contributed by atoms with Gasteiger partial charge in [0, 0.05) is 16.5 Å². The summed E-state index contributed by atoms with van der Waals surface area (Å²) < 4.78 is 10.8. The van der Waals surface area contributed by atoms with Gasteiger partial charge in [-0.05, 0) is 19.1 Å². The summed E-state index contributed by atoms with van der Waals surface area (Å²) in [4.78, 5) is 4.63. The molecule has 130 valence electrons. The van der Waals surface area contributed by atoms with Gasteiger partial charge in [-0.25, -0.2) is 4.98 Å². The predicted octanol–water partition coefficient (Wildman–Crippen LogP) is 5.20. The third-order valence-corrected chi connectivity index (χ3v) is 4.81. The van der Waals surface area contributed by atoms with Crippen molar-refractivity contribution in [2.45, 2.75) is 6.92 Å². The van der Waals surface area contributed by atoms with Crippen molar-refractivity contribution in [2.24, 2.45) is 0 Å². The molecule has 3 rings (SSSR count). The molecule has 5 heteroatoms. The fourth-order valence-corrected chi connectivity index (χ4v) is 3.37. The van der Waals surface area contributed by atoms with Crippen LogP contribution in [0.1, 0.15) is 16.1 Å². The standard InChI is InChI=1S/C21H18N2O2S/c1-14-7-9-15(10-8-14)18-13-26-21(23-18)17(12-22)11-16-5-4-6-19(24-2)20(16)25-3/h4-11,13H,1-3H3. The van der Waals surface area contributed by atoms with Gasteiger partial charge < -0.3 is 9.47 Å². The highest BCUT2D eigenvalue weighted by molar-refractivity contribution is 7.11. The molecule has 0 unspecified atom stereocenters. The minimum absolute atomic E-state index is 0.486. The van der Waals surface area contributed by atoms with Gasteiger partial charge in [-0.15, -0.1) is 11.3 Å². The molecule has 0 aliphatic carbocycles. The Labute approximate surface area is 157 Å². The van der Waals surface area contributed by atoms with Crippen molar-refractivity contribution in [1.82, 2.24) is 4.98 Å². The molecule has 0 aliphatic heterocycles. The molecule has 0 saturated heterocycles. The Morgan fingerprint density at radius 1 is 1.12 bits per heavy atom. The van der Waals surface area contributed by atoms with Crippen LogP contribution in [-0.2, 0) is 0 Å². The van der Waals surface area contributed by atoms with Crippen molar-refractivity contribution in [3.05, 3.63) is 64.0 Å². The van der Waals surface area contributed by atoms with Crippen LogP contribution in [0.3, 0.4) is 0 Å². The van der Waals surface area contributed by atoms with Crippen LogP contribution in [0.2, 0.25) is 0 Å². The molecule has 0 N–H and O–H groups in total. The SMILES string of the molecule is COc1cccc(C=C(C#N)c2nc(-c3ccc(C)cc3)cs2)c1OC. The third kappa shape index (κ3) is 3.61. The number of hydrogen-bond donors (Lipinski definition) is 0. The lowest BCUT2D eigenvalue weighted by Crippen LogP contribution is -1.93. The molecule has 0 amide bonds. The molecule has 4 nitrogen and oxygen atoms in total. The van der Waals surface area contributed by atoms with Crippen LogP contribution in [0, 0.1) is 18.3 Å². The quantitative estimate of drug-likeness (QED) is 0.585. The van der Waals surface area contributed by atoms with Gasteiger partial charge in [-0.1, -0.05) is 42.0 Å². The van der Waals surface area contributed by atoms with E-state index < -0.39 is 0 Å². The molecule has 0 bridgehead atoms. The first-order valence-electron chi connectivity index (χ1n) is 8.02. The Morgan fingerprint density at radius 3 is 2.54 bits per heavy atom. The Balaban J connectivity index is 1.99. The molecule has 26 heavy (non-hydrogen) atoms. The molecule has 0 saturated carbocycles. The van der Waals surface area contributed by atoms with E-state index in [-0.39, 0.29) is 0 Å². The number of aromatic nitrogens is 1. The van der Waals surface area contributed by atoms with E-state index in [1.54, 1.807) is 20.3 Å². The normalized spacial score (nSPS) is 11.1. The van der Waals surface area contributed by atoms with Crippen molar-refractivity contribution in [3.63, 3.8) is 0 Å². The zero-order chi connectivity index (χ0) is 18.5. The molecule has 0 radical (unpaired) electrons. The van der Waals surface area contributed by atoms with Gasteiger partial charge in [-0.2, -0.15) is 5.26 Å². The number of nitrogens with zero attached hydrogens (tertiary/aromatic N) is 2. The van der Waals surface area contributed by atoms with E-state index >= 15 is 0 Å². The van der Waals surface area contributed by atoms with E-state index in [0.717, 1.165) is 16.8 Å². The number of nitriles is 1. The molecular weight excluding hydrogens is 344 g/mol. The Morgan fingerprint density at radius 2 is 1.88 bits per heavy atom. The van der Waals surface area contributed by atoms with Gasteiger partial charge in [0.25, 0.3) is 0 Å². The van der Waals surface area contributed by atoms with Crippen LogP contribution in [0.25, 0.3) is 22.9 Å². The predicted molar refractivity (Wildman–Crippen MR) is 105 cm³/mol. The van der Waals surface area contributed by atoms with Crippen molar-refractivity contribution < 1.29 is 9.47 Å². The number of aryl methyl sites for hydroxylation is 1. The highest BCUT2D eigenvalue weighted by Gasteiger charge is 2.12. The molecule has 1 aromatic heterocycles. The van der Waals surface area contributed by atoms with E-state index in [4.69, 9.17) is 9.47 Å². The molecule has 0 spiro atoms. The number of rotatable bonds is 5. The minimum atomic E-state index is 0.486. The van der Waals surface area contributed by atoms with Crippen LogP contribution >= 0.6 is 11.3 Å². The van der Waals surface area contributed by atoms with Crippen molar-refractivity contribution >= 4 is 23.0 Å². The van der Waals surface area contributed by atoms with E-state index in [0.29, 0.717) is 22.1 Å². The van der Waals surface area contributed by atoms with Gasteiger partial charge in [0.1, 0.15) is 11.1 Å². The van der Waals surface area contributed by atoms with Crippen LogP contribution in [-0.4, -0.2) is 19.2 Å². The third-order valence-electron chi connectivity index (χ3n) is 3.94. The van der Waals surface area contributed by atoms with Crippen LogP contribution in [0.4, 0.5) is 0 Å². The molecule has 3 aromatic rings. The second-order valence-electron chi connectivity index (χ2n) is 5.66. The first-order chi connectivity index (χ1) is 12.7. The summed E-state index contributed by atoms with van der Waals surface area (Å²) in [5, 5.41) is 12.3. The van der Waals surface area contributed by atoms with Crippen LogP contribution < -0.4 is 9.47 Å². The maximum absolute atomic E-state index is 9.62. The number of thiazole rings is 1. The maximum atomic E-state index is 9.62. The minimum Gasteiger partial charge on any atom is -0.493 e. The molecule has 0 aliphatic rings. The lowest BCUT2D eigenvalue weighted by atomic mass is 10.1. The van der Waals surface area contributed by atoms with E-state index in [1.165, 1.54) is 16.9 Å². The number of methoxy groups -OCH3 is 2. The summed E-state index contributed by atoms with van der Waals surface area (Å²) in [6.45, 7) is 2.05. The van der Waals surface area contributed by atoms with Crippen LogP contribution in [0.15, 0.2) is 47.8 Å². The average molecular weight is 362 g/mol. The van der Waals surface area contributed by atoms with Gasteiger partial charge in [-0.3, -0.25) is 0 Å². The smallest absolute Gasteiger partial charge is 0.167 e. The summed E-state index contributed by atoms with van der Waals surface area (Å²) in [6.07, 6.45) is 1.78. The Hall–Kier alpha value is -3.10. The Bertz CT molecular complexity index is 982. The molecule has 2 aromatic carbocycles. The molecule has 1 heterocycles. The monoisotopic (exact) mass is 362 g/mol. The average Bonchev–Trinajstić information content (AvgIpc) is 3.16. The van der Waals surface area contributed by atoms with Crippen molar-refractivity contribution in [3.8, 4) is 28.8 Å². The zero-order valence-corrected chi connectivity index (χ0v) is 15.6. The zero-order valence-electron chi connectivity index (χ0n) is 14.8. The maximum Gasteiger partial charge on any atom is 0.167 e. The summed E-state index contributed by atoms with van der Waals surface area (Å²) in [5.41, 5.74) is 4.36. The molecular formula is C21H18N2O2S. The largest absolute Gasteiger partial charge is 0.493 e. The lowest BCUT2D eigenvalue weighted by Gasteiger charge is -2.10. The second kappa shape index (κ2) is 7.85. The Kier molecular flexibility index (Phi) is 5.35. The summed E-state index contributed by atoms with van der Waals surface area (Å²) >= 11 is 1.45. The van der Waals surface area contributed by atoms with Crippen molar-refractivity contribution in [2.75, 3.05) is 14.2 Å². The molecule has 0 fully saturated rings. The fourth-order valence-electron chi connectivity index (χ4n) is 2.58. The summed E-state index contributed by atoms with van der Waals surface area (Å²) in [6, 6.07) is 16.0. The lowest BCUT2D eigenvalue weighted by molar-refractivity contribution is 0.354. The number of allylic oxidation sites excluding steroid dienone is 1. The summed E-state index contributed by atoms with van der Waals surface area (Å²) in [5.74, 6) is 1.22. The van der Waals surface area contributed by atoms with Gasteiger partial charge in [0.15, 0.2) is 11.5 Å². The summed E-state index contributed by atoms with van der Waals surface area (Å²) in [7, 11) is 3.17. The van der Waals surface area contributed by atoms with Gasteiger partial charge in [0.05, 0.1) is 25.5 Å². The fraction of sp³-hybridized carbons (Fsp3) is 0.143. The van der Waals surface area contributed by atoms with E-state index in [2.05, 4.69) is 23.2 Å². The van der Waals surface area contributed by atoms with E-state index in [9.17, 15) is 5.26 Å². The molecule has 0 atom stereocenters. The number of benzene rings is 2.